The van der Waals surface area contributed by atoms with Crippen molar-refractivity contribution in [3.05, 3.63) is 57.3 Å². The first-order valence-corrected chi connectivity index (χ1v) is 10.2. The molecular weight excluding hydrogens is 374 g/mol. The second kappa shape index (κ2) is 7.14. The molecule has 7 nitrogen and oxygen atoms in total. The highest BCUT2D eigenvalue weighted by molar-refractivity contribution is 7.15. The molecular formula is C20H21N5O2S. The molecule has 144 valence electrons. The summed E-state index contributed by atoms with van der Waals surface area (Å²) < 4.78 is 1.56. The van der Waals surface area contributed by atoms with Gasteiger partial charge in [-0.15, -0.1) is 11.3 Å². The van der Waals surface area contributed by atoms with Crippen LogP contribution in [0, 0.1) is 0 Å². The number of piperazine rings is 1. The minimum atomic E-state index is -0.271. The molecule has 4 heterocycles. The highest BCUT2D eigenvalue weighted by atomic mass is 32.1. The van der Waals surface area contributed by atoms with Crippen LogP contribution < -0.4 is 11.0 Å². The third-order valence-electron chi connectivity index (χ3n) is 5.29. The number of rotatable bonds is 4. The number of aromatic nitrogens is 3. The van der Waals surface area contributed by atoms with Gasteiger partial charge in [-0.25, -0.2) is 14.3 Å². The van der Waals surface area contributed by atoms with Crippen LogP contribution in [0.2, 0.25) is 0 Å². The summed E-state index contributed by atoms with van der Waals surface area (Å²) >= 11 is 1.79. The normalized spacial score (nSPS) is 15.6. The van der Waals surface area contributed by atoms with Crippen molar-refractivity contribution in [1.82, 2.24) is 24.8 Å². The largest absolute Gasteiger partial charge is 0.392 e. The smallest absolute Gasteiger partial charge is 0.348 e. The van der Waals surface area contributed by atoms with Crippen LogP contribution in [0.25, 0.3) is 27.0 Å². The Morgan fingerprint density at radius 1 is 1.14 bits per heavy atom. The maximum atomic E-state index is 12.2. The Morgan fingerprint density at radius 3 is 2.82 bits per heavy atom. The van der Waals surface area contributed by atoms with Gasteiger partial charge < -0.3 is 10.4 Å². The van der Waals surface area contributed by atoms with Gasteiger partial charge in [-0.05, 0) is 35.4 Å². The number of aromatic amines is 1. The fourth-order valence-corrected chi connectivity index (χ4v) is 4.90. The SMILES string of the molecule is O=c1[nH]nc2cc(CO)c3ccc(-c4ccc(CN5CCNCC5)s4)cc3n12. The molecule has 3 N–H and O–H groups in total. The van der Waals surface area contributed by atoms with Crippen molar-refractivity contribution < 1.29 is 5.11 Å². The Hall–Kier alpha value is -2.52. The molecule has 1 saturated heterocycles. The van der Waals surface area contributed by atoms with Crippen LogP contribution in [0.1, 0.15) is 10.4 Å². The lowest BCUT2D eigenvalue weighted by atomic mass is 10.1. The van der Waals surface area contributed by atoms with Gasteiger partial charge in [-0.1, -0.05) is 12.1 Å². The monoisotopic (exact) mass is 395 g/mol. The van der Waals surface area contributed by atoms with E-state index >= 15 is 0 Å². The molecule has 3 aromatic heterocycles. The first-order chi connectivity index (χ1) is 13.7. The zero-order valence-corrected chi connectivity index (χ0v) is 16.1. The van der Waals surface area contributed by atoms with Gasteiger partial charge in [-0.2, -0.15) is 5.10 Å². The number of nitrogens with zero attached hydrogens (tertiary/aromatic N) is 3. The molecule has 1 aliphatic rings. The molecule has 0 spiro atoms. The summed E-state index contributed by atoms with van der Waals surface area (Å²) in [5, 5.41) is 20.5. The van der Waals surface area contributed by atoms with Crippen LogP contribution in [-0.4, -0.2) is 50.8 Å². The summed E-state index contributed by atoms with van der Waals surface area (Å²) in [4.78, 5) is 17.2. The molecule has 0 amide bonds. The predicted molar refractivity (Wildman–Crippen MR) is 111 cm³/mol. The van der Waals surface area contributed by atoms with E-state index in [1.165, 1.54) is 9.75 Å². The van der Waals surface area contributed by atoms with Gasteiger partial charge >= 0.3 is 5.69 Å². The van der Waals surface area contributed by atoms with Crippen LogP contribution in [-0.2, 0) is 13.2 Å². The lowest BCUT2D eigenvalue weighted by molar-refractivity contribution is 0.235. The summed E-state index contributed by atoms with van der Waals surface area (Å²) in [7, 11) is 0. The predicted octanol–water partition coefficient (Wildman–Crippen LogP) is 1.80. The van der Waals surface area contributed by atoms with Gasteiger partial charge in [0.15, 0.2) is 5.65 Å². The number of H-pyrrole nitrogens is 1. The number of benzene rings is 1. The van der Waals surface area contributed by atoms with E-state index in [1.807, 2.05) is 12.1 Å². The van der Waals surface area contributed by atoms with E-state index in [2.05, 4.69) is 38.6 Å². The van der Waals surface area contributed by atoms with Crippen LogP contribution >= 0.6 is 11.3 Å². The van der Waals surface area contributed by atoms with Crippen LogP contribution in [0.3, 0.4) is 0 Å². The number of hydrogen-bond acceptors (Lipinski definition) is 6. The van der Waals surface area contributed by atoms with Gasteiger partial charge in [0, 0.05) is 47.9 Å². The van der Waals surface area contributed by atoms with E-state index in [0.717, 1.165) is 54.8 Å². The van der Waals surface area contributed by atoms with Crippen molar-refractivity contribution >= 4 is 27.9 Å². The highest BCUT2D eigenvalue weighted by Gasteiger charge is 2.14. The summed E-state index contributed by atoms with van der Waals surface area (Å²) in [5.74, 6) is 0. The molecule has 0 saturated carbocycles. The number of thiophene rings is 1. The average Bonchev–Trinajstić information content (AvgIpc) is 3.34. The average molecular weight is 395 g/mol. The van der Waals surface area contributed by atoms with Crippen molar-refractivity contribution in [2.45, 2.75) is 13.2 Å². The van der Waals surface area contributed by atoms with Crippen molar-refractivity contribution in [2.75, 3.05) is 26.2 Å². The summed E-state index contributed by atoms with van der Waals surface area (Å²) in [6, 6.07) is 12.1. The molecule has 1 fully saturated rings. The maximum absolute atomic E-state index is 12.2. The fourth-order valence-electron chi connectivity index (χ4n) is 3.85. The number of pyridine rings is 1. The molecule has 4 aromatic rings. The van der Waals surface area contributed by atoms with Gasteiger partial charge in [0.05, 0.1) is 12.1 Å². The molecule has 5 rings (SSSR count). The minimum Gasteiger partial charge on any atom is -0.392 e. The van der Waals surface area contributed by atoms with Crippen molar-refractivity contribution in [2.24, 2.45) is 0 Å². The first kappa shape index (κ1) is 17.6. The van der Waals surface area contributed by atoms with Gasteiger partial charge in [0.2, 0.25) is 0 Å². The van der Waals surface area contributed by atoms with Crippen LogP contribution in [0.5, 0.6) is 0 Å². The highest BCUT2D eigenvalue weighted by Crippen LogP contribution is 2.32. The Morgan fingerprint density at radius 2 is 2.00 bits per heavy atom. The van der Waals surface area contributed by atoms with Gasteiger partial charge in [0.1, 0.15) is 0 Å². The molecule has 8 heteroatoms. The molecule has 0 unspecified atom stereocenters. The summed E-state index contributed by atoms with van der Waals surface area (Å²) in [6.45, 7) is 5.13. The van der Waals surface area contributed by atoms with E-state index < -0.39 is 0 Å². The third-order valence-corrected chi connectivity index (χ3v) is 6.41. The standard InChI is InChI=1S/C20H21N5O2S/c26-12-14-10-19-22-23-20(27)25(19)17-9-13(1-3-16(14)17)18-4-2-15(28-18)11-24-7-5-21-6-8-24/h1-4,9-10,21,26H,5-8,11-12H2,(H,23,27). The number of nitrogens with one attached hydrogen (secondary N) is 2. The lowest BCUT2D eigenvalue weighted by Crippen LogP contribution is -2.42. The van der Waals surface area contributed by atoms with Crippen molar-refractivity contribution in [3.8, 4) is 10.4 Å². The van der Waals surface area contributed by atoms with Crippen LogP contribution in [0.15, 0.2) is 41.2 Å². The molecule has 0 atom stereocenters. The second-order valence-corrected chi connectivity index (χ2v) is 8.24. The molecule has 0 aliphatic carbocycles. The minimum absolute atomic E-state index is 0.0960. The lowest BCUT2D eigenvalue weighted by Gasteiger charge is -2.26. The molecule has 1 aromatic carbocycles. The molecule has 0 radical (unpaired) electrons. The molecule has 28 heavy (non-hydrogen) atoms. The second-order valence-electron chi connectivity index (χ2n) is 7.07. The number of hydrogen-bond donors (Lipinski definition) is 3. The van der Waals surface area contributed by atoms with E-state index in [4.69, 9.17) is 0 Å². The zero-order chi connectivity index (χ0) is 19.1. The van der Waals surface area contributed by atoms with Crippen LogP contribution in [0.4, 0.5) is 0 Å². The topological polar surface area (TPSA) is 85.7 Å². The van der Waals surface area contributed by atoms with Gasteiger partial charge in [0.25, 0.3) is 0 Å². The molecule has 1 aliphatic heterocycles. The van der Waals surface area contributed by atoms with E-state index in [9.17, 15) is 9.90 Å². The summed E-state index contributed by atoms with van der Waals surface area (Å²) in [5.41, 5.74) is 2.83. The maximum Gasteiger partial charge on any atom is 0.348 e. The number of aliphatic hydroxyl groups excluding tert-OH is 1. The molecule has 0 bridgehead atoms. The van der Waals surface area contributed by atoms with E-state index in [1.54, 1.807) is 21.8 Å². The number of aliphatic hydroxyl groups is 1. The number of fused-ring (bicyclic) bond motifs is 3. The Balaban J connectivity index is 1.55. The van der Waals surface area contributed by atoms with Crippen molar-refractivity contribution in [1.29, 1.82) is 0 Å². The van der Waals surface area contributed by atoms with Crippen molar-refractivity contribution in [3.63, 3.8) is 0 Å². The Labute approximate surface area is 165 Å². The third kappa shape index (κ3) is 3.04. The van der Waals surface area contributed by atoms with Gasteiger partial charge in [-0.3, -0.25) is 4.90 Å². The quantitative estimate of drug-likeness (QED) is 0.491. The zero-order valence-electron chi connectivity index (χ0n) is 15.3. The fraction of sp³-hybridized carbons (Fsp3) is 0.300. The Bertz CT molecular complexity index is 1200. The summed E-state index contributed by atoms with van der Waals surface area (Å²) in [6.07, 6.45) is 0. The van der Waals surface area contributed by atoms with E-state index in [-0.39, 0.29) is 12.3 Å². The first-order valence-electron chi connectivity index (χ1n) is 9.39. The Kier molecular flexibility index (Phi) is 4.48. The van der Waals surface area contributed by atoms with E-state index in [0.29, 0.717) is 5.65 Å².